The predicted molar refractivity (Wildman–Crippen MR) is 69.4 cm³/mol. The van der Waals surface area contributed by atoms with Gasteiger partial charge >= 0.3 is 0 Å². The Hall–Kier alpha value is -2.55. The molecule has 0 N–H and O–H groups in total. The molecule has 86 valence electrons. The molecule has 2 heterocycles. The highest BCUT2D eigenvalue weighted by Gasteiger charge is 2.13. The lowest BCUT2D eigenvalue weighted by Gasteiger charge is -2.04. The second-order valence-corrected chi connectivity index (χ2v) is 3.92. The van der Waals surface area contributed by atoms with Crippen molar-refractivity contribution in [2.75, 3.05) is 0 Å². The highest BCUT2D eigenvalue weighted by atomic mass is 16.1. The lowest BCUT2D eigenvalue weighted by molar-refractivity contribution is 0.103. The van der Waals surface area contributed by atoms with Crippen LogP contribution in [-0.4, -0.2) is 15.8 Å². The van der Waals surface area contributed by atoms with Crippen LogP contribution in [0.15, 0.2) is 60.9 Å². The molecular formula is C15H10N2O. The van der Waals surface area contributed by atoms with E-state index in [2.05, 4.69) is 9.97 Å². The van der Waals surface area contributed by atoms with Crippen LogP contribution in [0.1, 0.15) is 16.1 Å². The number of fused-ring (bicyclic) bond motifs is 1. The molecule has 3 heteroatoms. The third-order valence-electron chi connectivity index (χ3n) is 2.79. The molecule has 3 rings (SSSR count). The molecule has 0 aliphatic carbocycles. The monoisotopic (exact) mass is 234 g/mol. The predicted octanol–water partition coefficient (Wildman–Crippen LogP) is 2.86. The third-order valence-corrected chi connectivity index (χ3v) is 2.79. The van der Waals surface area contributed by atoms with Crippen LogP contribution >= 0.6 is 0 Å². The summed E-state index contributed by atoms with van der Waals surface area (Å²) in [5.41, 5.74) is 1.91. The second-order valence-electron chi connectivity index (χ2n) is 3.92. The summed E-state index contributed by atoms with van der Waals surface area (Å²) in [6, 6.07) is 14.7. The zero-order valence-electron chi connectivity index (χ0n) is 9.58. The Kier molecular flexibility index (Phi) is 2.57. The number of carbonyl (C=O) groups is 1. The summed E-state index contributed by atoms with van der Waals surface area (Å²) in [6.07, 6.45) is 3.27. The largest absolute Gasteiger partial charge is 0.287 e. The van der Waals surface area contributed by atoms with E-state index < -0.39 is 0 Å². The van der Waals surface area contributed by atoms with Gasteiger partial charge in [-0.15, -0.1) is 0 Å². The van der Waals surface area contributed by atoms with Crippen molar-refractivity contribution in [1.82, 2.24) is 9.97 Å². The van der Waals surface area contributed by atoms with Gasteiger partial charge < -0.3 is 0 Å². The van der Waals surface area contributed by atoms with Crippen molar-refractivity contribution < 1.29 is 4.79 Å². The molecule has 0 bridgehead atoms. The molecular weight excluding hydrogens is 224 g/mol. The summed E-state index contributed by atoms with van der Waals surface area (Å²) in [7, 11) is 0. The van der Waals surface area contributed by atoms with Gasteiger partial charge in [-0.1, -0.05) is 24.3 Å². The van der Waals surface area contributed by atoms with Gasteiger partial charge in [-0.2, -0.15) is 0 Å². The maximum atomic E-state index is 12.4. The Labute approximate surface area is 104 Å². The number of aromatic nitrogens is 2. The molecule has 0 radical (unpaired) electrons. The minimum atomic E-state index is -0.0748. The van der Waals surface area contributed by atoms with Crippen LogP contribution in [0.25, 0.3) is 10.9 Å². The van der Waals surface area contributed by atoms with Crippen molar-refractivity contribution in [2.45, 2.75) is 0 Å². The molecule has 0 spiro atoms. The molecule has 18 heavy (non-hydrogen) atoms. The van der Waals surface area contributed by atoms with Crippen LogP contribution in [-0.2, 0) is 0 Å². The maximum Gasteiger partial charge on any atom is 0.212 e. The first-order chi connectivity index (χ1) is 8.86. The highest BCUT2D eigenvalue weighted by Crippen LogP contribution is 2.18. The summed E-state index contributed by atoms with van der Waals surface area (Å²) in [6.45, 7) is 0. The van der Waals surface area contributed by atoms with E-state index in [0.29, 0.717) is 11.3 Å². The number of carbonyl (C=O) groups excluding carboxylic acids is 1. The maximum absolute atomic E-state index is 12.4. The van der Waals surface area contributed by atoms with E-state index in [9.17, 15) is 4.79 Å². The highest BCUT2D eigenvalue weighted by molar-refractivity contribution is 6.14. The average molecular weight is 234 g/mol. The van der Waals surface area contributed by atoms with Gasteiger partial charge in [-0.05, 0) is 24.3 Å². The Bertz CT molecular complexity index is 703. The van der Waals surface area contributed by atoms with Crippen LogP contribution in [0.5, 0.6) is 0 Å². The van der Waals surface area contributed by atoms with Gasteiger partial charge in [-0.25, -0.2) is 0 Å². The topological polar surface area (TPSA) is 42.9 Å². The number of para-hydroxylation sites is 1. The zero-order chi connectivity index (χ0) is 12.4. The van der Waals surface area contributed by atoms with Gasteiger partial charge in [0.15, 0.2) is 0 Å². The van der Waals surface area contributed by atoms with Crippen molar-refractivity contribution in [1.29, 1.82) is 0 Å². The molecule has 1 aromatic carbocycles. The van der Waals surface area contributed by atoms with Crippen molar-refractivity contribution in [3.05, 3.63) is 72.2 Å². The quantitative estimate of drug-likeness (QED) is 0.640. The molecule has 0 amide bonds. The molecule has 0 unspecified atom stereocenters. The van der Waals surface area contributed by atoms with Gasteiger partial charge in [-0.3, -0.25) is 14.8 Å². The number of hydrogen-bond acceptors (Lipinski definition) is 3. The van der Waals surface area contributed by atoms with E-state index >= 15 is 0 Å². The van der Waals surface area contributed by atoms with Gasteiger partial charge in [0.1, 0.15) is 5.69 Å². The number of benzene rings is 1. The van der Waals surface area contributed by atoms with Gasteiger partial charge in [0.05, 0.1) is 5.52 Å². The fraction of sp³-hybridized carbons (Fsp3) is 0. The lowest BCUT2D eigenvalue weighted by Crippen LogP contribution is -2.04. The van der Waals surface area contributed by atoms with Crippen molar-refractivity contribution >= 4 is 16.7 Å². The Morgan fingerprint density at radius 3 is 2.50 bits per heavy atom. The van der Waals surface area contributed by atoms with E-state index in [1.165, 1.54) is 0 Å². The van der Waals surface area contributed by atoms with Crippen LogP contribution in [0.3, 0.4) is 0 Å². The molecule has 3 aromatic rings. The van der Waals surface area contributed by atoms with Gasteiger partial charge in [0.2, 0.25) is 5.78 Å². The Morgan fingerprint density at radius 2 is 1.67 bits per heavy atom. The van der Waals surface area contributed by atoms with E-state index in [-0.39, 0.29) is 5.78 Å². The SMILES string of the molecule is O=C(c1ccccn1)c1ccnc2ccccc12. The molecule has 0 atom stereocenters. The summed E-state index contributed by atoms with van der Waals surface area (Å²) in [5, 5.41) is 0.857. The van der Waals surface area contributed by atoms with Gasteiger partial charge in [0.25, 0.3) is 0 Å². The zero-order valence-corrected chi connectivity index (χ0v) is 9.58. The summed E-state index contributed by atoms with van der Waals surface area (Å²) in [4.78, 5) is 20.7. The molecule has 0 saturated heterocycles. The fourth-order valence-corrected chi connectivity index (χ4v) is 1.93. The number of hydrogen-bond donors (Lipinski definition) is 0. The smallest absolute Gasteiger partial charge is 0.212 e. The van der Waals surface area contributed by atoms with Crippen molar-refractivity contribution in [3.63, 3.8) is 0 Å². The third kappa shape index (κ3) is 1.76. The summed E-state index contributed by atoms with van der Waals surface area (Å²) in [5.74, 6) is -0.0748. The summed E-state index contributed by atoms with van der Waals surface area (Å²) >= 11 is 0. The first kappa shape index (κ1) is 10.6. The first-order valence-corrected chi connectivity index (χ1v) is 5.66. The van der Waals surface area contributed by atoms with Gasteiger partial charge in [0, 0.05) is 23.3 Å². The average Bonchev–Trinajstić information content (AvgIpc) is 2.47. The standard InChI is InChI=1S/C15H10N2O/c18-15(14-7-3-4-9-16-14)12-8-10-17-13-6-2-1-5-11(12)13/h1-10H. The Morgan fingerprint density at radius 1 is 0.833 bits per heavy atom. The fourth-order valence-electron chi connectivity index (χ4n) is 1.93. The molecule has 2 aromatic heterocycles. The second kappa shape index (κ2) is 4.37. The van der Waals surface area contributed by atoms with E-state index in [1.807, 2.05) is 30.3 Å². The number of ketones is 1. The van der Waals surface area contributed by atoms with Crippen LogP contribution in [0.2, 0.25) is 0 Å². The lowest BCUT2D eigenvalue weighted by atomic mass is 10.0. The Balaban J connectivity index is 2.18. The normalized spacial score (nSPS) is 10.4. The molecule has 3 nitrogen and oxygen atoms in total. The van der Waals surface area contributed by atoms with E-state index in [4.69, 9.17) is 0 Å². The minimum absolute atomic E-state index is 0.0748. The number of rotatable bonds is 2. The van der Waals surface area contributed by atoms with Crippen LogP contribution < -0.4 is 0 Å². The molecule has 0 fully saturated rings. The van der Waals surface area contributed by atoms with Crippen molar-refractivity contribution in [3.8, 4) is 0 Å². The van der Waals surface area contributed by atoms with Crippen LogP contribution in [0, 0.1) is 0 Å². The van der Waals surface area contributed by atoms with E-state index in [0.717, 1.165) is 10.9 Å². The van der Waals surface area contributed by atoms with Crippen LogP contribution in [0.4, 0.5) is 0 Å². The number of pyridine rings is 2. The minimum Gasteiger partial charge on any atom is -0.287 e. The molecule has 0 aliphatic heterocycles. The summed E-state index contributed by atoms with van der Waals surface area (Å²) < 4.78 is 0. The number of nitrogens with zero attached hydrogens (tertiary/aromatic N) is 2. The molecule has 0 saturated carbocycles. The van der Waals surface area contributed by atoms with E-state index in [1.54, 1.807) is 30.6 Å². The van der Waals surface area contributed by atoms with Crippen molar-refractivity contribution in [2.24, 2.45) is 0 Å². The molecule has 0 aliphatic rings. The first-order valence-electron chi connectivity index (χ1n) is 5.66.